The molecule has 1 aromatic heterocycles. The number of nitrogens with zero attached hydrogens (tertiary/aromatic N) is 1. The molecule has 0 spiro atoms. The summed E-state index contributed by atoms with van der Waals surface area (Å²) in [5.74, 6) is -1.22. The average Bonchev–Trinajstić information content (AvgIpc) is 3.45. The minimum absolute atomic E-state index is 0.00126. The number of carbonyl (C=O) groups excluding carboxylic acids is 3. The Morgan fingerprint density at radius 2 is 1.71 bits per heavy atom. The SMILES string of the molecule is COC(=O)NC(=O)c1ccsc1NC(=O)c1ccc(S(=O)(=O)N(C)C2CCCC2)cc1. The Balaban J connectivity index is 1.71. The molecular formula is C20H23N3O6S2. The maximum Gasteiger partial charge on any atom is 0.413 e. The van der Waals surface area contributed by atoms with Gasteiger partial charge in [-0.3, -0.25) is 14.9 Å². The van der Waals surface area contributed by atoms with Gasteiger partial charge in [0.05, 0.1) is 17.6 Å². The van der Waals surface area contributed by atoms with Crippen molar-refractivity contribution in [3.05, 3.63) is 46.8 Å². The Hall–Kier alpha value is -2.76. The smallest absolute Gasteiger partial charge is 0.413 e. The molecule has 0 aliphatic heterocycles. The van der Waals surface area contributed by atoms with Crippen LogP contribution in [0, 0.1) is 0 Å². The van der Waals surface area contributed by atoms with Crippen molar-refractivity contribution >= 4 is 44.3 Å². The van der Waals surface area contributed by atoms with E-state index in [0.29, 0.717) is 0 Å². The maximum atomic E-state index is 12.8. The standard InChI is InChI=1S/C20H23N3O6S2/c1-23(14-5-3-4-6-14)31(27,28)15-9-7-13(8-10-15)17(24)21-19-16(11-12-30-19)18(25)22-20(26)29-2/h7-12,14H,3-6H2,1-2H3,(H,21,24)(H,22,25,26). The molecule has 11 heteroatoms. The van der Waals surface area contributed by atoms with E-state index in [4.69, 9.17) is 0 Å². The number of amides is 3. The van der Waals surface area contributed by atoms with E-state index in [1.54, 1.807) is 12.4 Å². The van der Waals surface area contributed by atoms with Crippen molar-refractivity contribution in [2.45, 2.75) is 36.6 Å². The Morgan fingerprint density at radius 3 is 2.32 bits per heavy atom. The van der Waals surface area contributed by atoms with E-state index in [1.165, 1.54) is 34.6 Å². The van der Waals surface area contributed by atoms with Gasteiger partial charge in [0.1, 0.15) is 5.00 Å². The number of sulfonamides is 1. The van der Waals surface area contributed by atoms with Crippen LogP contribution in [0.15, 0.2) is 40.6 Å². The molecule has 3 amide bonds. The van der Waals surface area contributed by atoms with Crippen molar-refractivity contribution < 1.29 is 27.5 Å². The number of benzene rings is 1. The molecular weight excluding hydrogens is 442 g/mol. The van der Waals surface area contributed by atoms with Crippen molar-refractivity contribution in [2.24, 2.45) is 0 Å². The molecule has 31 heavy (non-hydrogen) atoms. The molecule has 0 atom stereocenters. The minimum atomic E-state index is -3.64. The molecule has 1 fully saturated rings. The van der Waals surface area contributed by atoms with E-state index < -0.39 is 27.9 Å². The predicted octanol–water partition coefficient (Wildman–Crippen LogP) is 3.06. The first-order chi connectivity index (χ1) is 14.7. The molecule has 0 unspecified atom stereocenters. The number of hydrogen-bond acceptors (Lipinski definition) is 7. The van der Waals surface area contributed by atoms with E-state index in [0.717, 1.165) is 44.1 Å². The average molecular weight is 466 g/mol. The van der Waals surface area contributed by atoms with Crippen molar-refractivity contribution in [2.75, 3.05) is 19.5 Å². The first-order valence-corrected chi connectivity index (χ1v) is 11.9. The van der Waals surface area contributed by atoms with E-state index in [2.05, 4.69) is 10.1 Å². The lowest BCUT2D eigenvalue weighted by atomic mass is 10.2. The molecule has 3 rings (SSSR count). The molecule has 0 saturated heterocycles. The predicted molar refractivity (Wildman–Crippen MR) is 116 cm³/mol. The lowest BCUT2D eigenvalue weighted by Gasteiger charge is -2.23. The number of alkyl carbamates (subject to hydrolysis) is 1. The first kappa shape index (κ1) is 22.9. The highest BCUT2D eigenvalue weighted by atomic mass is 32.2. The molecule has 1 saturated carbocycles. The fourth-order valence-corrected chi connectivity index (χ4v) is 5.58. The summed E-state index contributed by atoms with van der Waals surface area (Å²) in [5, 5.41) is 6.49. The number of imide groups is 1. The van der Waals surface area contributed by atoms with Gasteiger partial charge < -0.3 is 10.1 Å². The summed E-state index contributed by atoms with van der Waals surface area (Å²) in [4.78, 5) is 36.0. The first-order valence-electron chi connectivity index (χ1n) is 9.60. The van der Waals surface area contributed by atoms with Crippen molar-refractivity contribution in [3.8, 4) is 0 Å². The lowest BCUT2D eigenvalue weighted by Crippen LogP contribution is -2.35. The number of thiophene rings is 1. The van der Waals surface area contributed by atoms with Gasteiger partial charge in [0.2, 0.25) is 10.0 Å². The maximum absolute atomic E-state index is 12.8. The number of anilines is 1. The van der Waals surface area contributed by atoms with Crippen molar-refractivity contribution in [3.63, 3.8) is 0 Å². The third kappa shape index (κ3) is 5.12. The fourth-order valence-electron chi connectivity index (χ4n) is 3.38. The number of rotatable bonds is 6. The Labute approximate surface area is 184 Å². The molecule has 9 nitrogen and oxygen atoms in total. The molecule has 0 bridgehead atoms. The van der Waals surface area contributed by atoms with Crippen LogP contribution in [0.5, 0.6) is 0 Å². The van der Waals surface area contributed by atoms with Gasteiger partial charge in [-0.05, 0) is 48.6 Å². The summed E-state index contributed by atoms with van der Waals surface area (Å²) in [6.07, 6.45) is 2.83. The molecule has 2 N–H and O–H groups in total. The molecule has 0 radical (unpaired) electrons. The van der Waals surface area contributed by atoms with E-state index >= 15 is 0 Å². The summed E-state index contributed by atoms with van der Waals surface area (Å²) in [5.41, 5.74) is 0.344. The van der Waals surface area contributed by atoms with Gasteiger partial charge in [-0.1, -0.05) is 12.8 Å². The minimum Gasteiger partial charge on any atom is -0.453 e. The monoisotopic (exact) mass is 465 g/mol. The van der Waals surface area contributed by atoms with Crippen LogP contribution in [0.2, 0.25) is 0 Å². The summed E-state index contributed by atoms with van der Waals surface area (Å²) in [6, 6.07) is 7.11. The molecule has 1 aromatic carbocycles. The van der Waals surface area contributed by atoms with Crippen LogP contribution in [0.4, 0.5) is 9.80 Å². The number of ether oxygens (including phenoxy) is 1. The molecule has 166 valence electrons. The highest BCUT2D eigenvalue weighted by molar-refractivity contribution is 7.89. The molecule has 1 aliphatic rings. The Morgan fingerprint density at radius 1 is 1.06 bits per heavy atom. The van der Waals surface area contributed by atoms with Crippen LogP contribution in [0.1, 0.15) is 46.4 Å². The number of hydrogen-bond donors (Lipinski definition) is 2. The zero-order valence-electron chi connectivity index (χ0n) is 17.1. The van der Waals surface area contributed by atoms with Crippen LogP contribution in [0.25, 0.3) is 0 Å². The Kier molecular flexibility index (Phi) is 7.08. The van der Waals surface area contributed by atoms with Crippen molar-refractivity contribution in [1.82, 2.24) is 9.62 Å². The van der Waals surface area contributed by atoms with Crippen molar-refractivity contribution in [1.29, 1.82) is 0 Å². The third-order valence-electron chi connectivity index (χ3n) is 5.17. The van der Waals surface area contributed by atoms with E-state index in [-0.39, 0.29) is 27.1 Å². The summed E-state index contributed by atoms with van der Waals surface area (Å²) in [7, 11) is -0.920. The normalized spacial score (nSPS) is 14.4. The Bertz CT molecular complexity index is 1070. The highest BCUT2D eigenvalue weighted by Crippen LogP contribution is 2.28. The van der Waals surface area contributed by atoms with Crippen LogP contribution in [-0.2, 0) is 14.8 Å². The van der Waals surface area contributed by atoms with Gasteiger partial charge in [-0.25, -0.2) is 13.2 Å². The van der Waals surface area contributed by atoms with Gasteiger partial charge in [0.25, 0.3) is 11.8 Å². The third-order valence-corrected chi connectivity index (χ3v) is 7.92. The van der Waals surface area contributed by atoms with Crippen LogP contribution in [-0.4, -0.2) is 50.8 Å². The zero-order valence-corrected chi connectivity index (χ0v) is 18.7. The lowest BCUT2D eigenvalue weighted by molar-refractivity contribution is 0.0938. The fraction of sp³-hybridized carbons (Fsp3) is 0.350. The number of carbonyl (C=O) groups is 3. The second kappa shape index (κ2) is 9.58. The van der Waals surface area contributed by atoms with E-state index in [9.17, 15) is 22.8 Å². The van der Waals surface area contributed by atoms with Gasteiger partial charge in [0, 0.05) is 18.7 Å². The molecule has 1 aliphatic carbocycles. The van der Waals surface area contributed by atoms with Gasteiger partial charge >= 0.3 is 6.09 Å². The van der Waals surface area contributed by atoms with Gasteiger partial charge in [-0.15, -0.1) is 11.3 Å². The molecule has 1 heterocycles. The molecule has 2 aromatic rings. The second-order valence-corrected chi connectivity index (χ2v) is 9.96. The second-order valence-electron chi connectivity index (χ2n) is 7.05. The van der Waals surface area contributed by atoms with Gasteiger partial charge in [0.15, 0.2) is 0 Å². The zero-order chi connectivity index (χ0) is 22.6. The summed E-state index contributed by atoms with van der Waals surface area (Å²) in [6.45, 7) is 0. The van der Waals surface area contributed by atoms with Crippen LogP contribution >= 0.6 is 11.3 Å². The largest absolute Gasteiger partial charge is 0.453 e. The number of methoxy groups -OCH3 is 1. The van der Waals surface area contributed by atoms with Gasteiger partial charge in [-0.2, -0.15) is 4.31 Å². The summed E-state index contributed by atoms with van der Waals surface area (Å²) >= 11 is 1.11. The number of nitrogens with one attached hydrogen (secondary N) is 2. The summed E-state index contributed by atoms with van der Waals surface area (Å²) < 4.78 is 31.5. The quantitative estimate of drug-likeness (QED) is 0.676. The van der Waals surface area contributed by atoms with Crippen LogP contribution in [0.3, 0.4) is 0 Å². The highest BCUT2D eigenvalue weighted by Gasteiger charge is 2.30. The topological polar surface area (TPSA) is 122 Å². The van der Waals surface area contributed by atoms with E-state index in [1.807, 2.05) is 5.32 Å². The van der Waals surface area contributed by atoms with Crippen LogP contribution < -0.4 is 10.6 Å².